The first kappa shape index (κ1) is 25.9. The van der Waals surface area contributed by atoms with Crippen LogP contribution in [0.25, 0.3) is 11.3 Å². The molecular weight excluding hydrogens is 468 g/mol. The molecule has 3 N–H and O–H groups in total. The number of carbonyl (C=O) groups is 2. The topological polar surface area (TPSA) is 111 Å². The number of amides is 2. The van der Waals surface area contributed by atoms with Gasteiger partial charge in [0.25, 0.3) is 0 Å². The Morgan fingerprint density at radius 3 is 2.16 bits per heavy atom. The van der Waals surface area contributed by atoms with E-state index in [1.165, 1.54) is 6.92 Å². The Balaban J connectivity index is 1.37. The summed E-state index contributed by atoms with van der Waals surface area (Å²) in [6, 6.07) is 17.5. The second kappa shape index (κ2) is 10.9. The Bertz CT molecular complexity index is 1230. The Kier molecular flexibility index (Phi) is 7.61. The molecule has 0 radical (unpaired) electrons. The summed E-state index contributed by atoms with van der Waals surface area (Å²) in [6.07, 6.45) is 2.46. The van der Waals surface area contributed by atoms with Crippen molar-refractivity contribution in [3.05, 3.63) is 60.8 Å². The maximum Gasteiger partial charge on any atom is 0.407 e. The number of anilines is 4. The highest BCUT2D eigenvalue weighted by Gasteiger charge is 2.35. The SMILES string of the molecule is CC(=O)Nc1ccc(-c2ccnc(Nc3ccc(N4CCC(N(C(=O)O)C(C)(C)C)CC4)cc3)n2)cc1. The summed E-state index contributed by atoms with van der Waals surface area (Å²) in [4.78, 5) is 35.9. The normalized spacial score (nSPS) is 14.2. The molecule has 0 aliphatic carbocycles. The molecule has 4 rings (SSSR count). The molecule has 1 saturated heterocycles. The summed E-state index contributed by atoms with van der Waals surface area (Å²) < 4.78 is 0. The molecule has 3 aromatic rings. The van der Waals surface area contributed by atoms with Crippen LogP contribution in [-0.2, 0) is 4.79 Å². The van der Waals surface area contributed by atoms with Crippen molar-refractivity contribution in [1.29, 1.82) is 0 Å². The lowest BCUT2D eigenvalue weighted by atomic mass is 9.96. The van der Waals surface area contributed by atoms with Crippen molar-refractivity contribution in [1.82, 2.24) is 14.9 Å². The van der Waals surface area contributed by atoms with Crippen LogP contribution in [0.2, 0.25) is 0 Å². The highest BCUT2D eigenvalue weighted by molar-refractivity contribution is 5.88. The predicted octanol–water partition coefficient (Wildman–Crippen LogP) is 5.59. The van der Waals surface area contributed by atoms with E-state index in [9.17, 15) is 14.7 Å². The molecule has 0 bridgehead atoms. The lowest BCUT2D eigenvalue weighted by molar-refractivity contribution is -0.114. The van der Waals surface area contributed by atoms with Gasteiger partial charge in [-0.15, -0.1) is 0 Å². The van der Waals surface area contributed by atoms with Gasteiger partial charge in [0.1, 0.15) is 0 Å². The van der Waals surface area contributed by atoms with Gasteiger partial charge in [0.05, 0.1) is 5.69 Å². The number of aromatic nitrogens is 2. The summed E-state index contributed by atoms with van der Waals surface area (Å²) in [5.41, 5.74) is 4.00. The van der Waals surface area contributed by atoms with Gasteiger partial charge in [0.15, 0.2) is 0 Å². The van der Waals surface area contributed by atoms with Crippen molar-refractivity contribution < 1.29 is 14.7 Å². The minimum Gasteiger partial charge on any atom is -0.465 e. The third kappa shape index (κ3) is 6.55. The summed E-state index contributed by atoms with van der Waals surface area (Å²) in [5, 5.41) is 15.7. The largest absolute Gasteiger partial charge is 0.465 e. The average molecular weight is 503 g/mol. The number of carbonyl (C=O) groups excluding carboxylic acids is 1. The molecule has 9 nitrogen and oxygen atoms in total. The number of nitrogens with zero attached hydrogens (tertiary/aromatic N) is 4. The zero-order valence-electron chi connectivity index (χ0n) is 21.7. The van der Waals surface area contributed by atoms with E-state index in [0.29, 0.717) is 5.95 Å². The van der Waals surface area contributed by atoms with Gasteiger partial charge in [-0.3, -0.25) is 4.79 Å². The molecule has 1 aliphatic heterocycles. The van der Waals surface area contributed by atoms with Crippen molar-refractivity contribution in [2.75, 3.05) is 28.6 Å². The fourth-order valence-corrected chi connectivity index (χ4v) is 4.77. The molecule has 0 spiro atoms. The van der Waals surface area contributed by atoms with Crippen LogP contribution in [0, 0.1) is 0 Å². The zero-order chi connectivity index (χ0) is 26.6. The smallest absolute Gasteiger partial charge is 0.407 e. The van der Waals surface area contributed by atoms with Gasteiger partial charge in [-0.1, -0.05) is 12.1 Å². The number of rotatable bonds is 6. The van der Waals surface area contributed by atoms with Crippen molar-refractivity contribution in [3.8, 4) is 11.3 Å². The maximum absolute atomic E-state index is 11.8. The van der Waals surface area contributed by atoms with Crippen molar-refractivity contribution in [3.63, 3.8) is 0 Å². The van der Waals surface area contributed by atoms with Gasteiger partial charge in [0.2, 0.25) is 11.9 Å². The Morgan fingerprint density at radius 1 is 0.973 bits per heavy atom. The van der Waals surface area contributed by atoms with Crippen LogP contribution in [0.15, 0.2) is 60.8 Å². The van der Waals surface area contributed by atoms with Crippen molar-refractivity contribution >= 4 is 35.0 Å². The first-order valence-corrected chi connectivity index (χ1v) is 12.5. The van der Waals surface area contributed by atoms with Crippen LogP contribution >= 0.6 is 0 Å². The first-order chi connectivity index (χ1) is 17.6. The molecule has 0 saturated carbocycles. The molecule has 194 valence electrons. The number of benzene rings is 2. The average Bonchev–Trinajstić information content (AvgIpc) is 2.84. The summed E-state index contributed by atoms with van der Waals surface area (Å²) in [5.74, 6) is 0.384. The standard InChI is InChI=1S/C28H34N6O3/c1-19(35)30-21-7-5-20(6-8-21)25-13-16-29-26(32-25)31-22-9-11-23(12-10-22)33-17-14-24(15-18-33)34(27(36)37)28(2,3)4/h5-13,16,24H,14-15,17-18H2,1-4H3,(H,30,35)(H,36,37)(H,29,31,32). The number of hydrogen-bond acceptors (Lipinski definition) is 6. The fourth-order valence-electron chi connectivity index (χ4n) is 4.77. The number of hydrogen-bond donors (Lipinski definition) is 3. The minimum atomic E-state index is -0.852. The van der Waals surface area contributed by atoms with Crippen molar-refractivity contribution in [2.45, 2.75) is 52.1 Å². The predicted molar refractivity (Wildman–Crippen MR) is 146 cm³/mol. The highest BCUT2D eigenvalue weighted by atomic mass is 16.4. The summed E-state index contributed by atoms with van der Waals surface area (Å²) >= 11 is 0. The van der Waals surface area contributed by atoms with Crippen LogP contribution in [0.3, 0.4) is 0 Å². The van der Waals surface area contributed by atoms with Gasteiger partial charge >= 0.3 is 6.09 Å². The minimum absolute atomic E-state index is 0.0284. The van der Waals surface area contributed by atoms with Crippen LogP contribution < -0.4 is 15.5 Å². The van der Waals surface area contributed by atoms with E-state index in [1.54, 1.807) is 11.1 Å². The van der Waals surface area contributed by atoms with Gasteiger partial charge in [-0.05, 0) is 76.1 Å². The molecule has 1 fully saturated rings. The second-order valence-electron chi connectivity index (χ2n) is 10.2. The van der Waals surface area contributed by atoms with E-state index >= 15 is 0 Å². The highest BCUT2D eigenvalue weighted by Crippen LogP contribution is 2.28. The van der Waals surface area contributed by atoms with E-state index in [-0.39, 0.29) is 11.9 Å². The molecule has 0 unspecified atom stereocenters. The van der Waals surface area contributed by atoms with Gasteiger partial charge in [0, 0.05) is 60.4 Å². The van der Waals surface area contributed by atoms with Crippen LogP contribution in [0.4, 0.5) is 27.8 Å². The van der Waals surface area contributed by atoms with Crippen LogP contribution in [0.1, 0.15) is 40.5 Å². The number of piperidine rings is 1. The second-order valence-corrected chi connectivity index (χ2v) is 10.2. The van der Waals surface area contributed by atoms with Crippen LogP contribution in [-0.4, -0.2) is 56.6 Å². The molecular formula is C28H34N6O3. The van der Waals surface area contributed by atoms with Crippen LogP contribution in [0.5, 0.6) is 0 Å². The third-order valence-corrected chi connectivity index (χ3v) is 6.40. The maximum atomic E-state index is 11.8. The van der Waals surface area contributed by atoms with E-state index in [2.05, 4.69) is 37.6 Å². The molecule has 2 aromatic carbocycles. The van der Waals surface area contributed by atoms with E-state index in [1.807, 2.05) is 63.2 Å². The quantitative estimate of drug-likeness (QED) is 0.403. The fraction of sp³-hybridized carbons (Fsp3) is 0.357. The zero-order valence-corrected chi connectivity index (χ0v) is 21.7. The Labute approximate surface area is 217 Å². The monoisotopic (exact) mass is 502 g/mol. The first-order valence-electron chi connectivity index (χ1n) is 12.5. The molecule has 0 atom stereocenters. The Hall–Kier alpha value is -4.14. The summed E-state index contributed by atoms with van der Waals surface area (Å²) in [7, 11) is 0. The third-order valence-electron chi connectivity index (χ3n) is 6.40. The lowest BCUT2D eigenvalue weighted by Gasteiger charge is -2.44. The van der Waals surface area contributed by atoms with Gasteiger partial charge in [-0.2, -0.15) is 0 Å². The van der Waals surface area contributed by atoms with E-state index in [0.717, 1.165) is 54.3 Å². The molecule has 37 heavy (non-hydrogen) atoms. The number of nitrogens with one attached hydrogen (secondary N) is 2. The molecule has 2 amide bonds. The lowest BCUT2D eigenvalue weighted by Crippen LogP contribution is -2.54. The van der Waals surface area contributed by atoms with E-state index < -0.39 is 11.6 Å². The molecule has 2 heterocycles. The summed E-state index contributed by atoms with van der Waals surface area (Å²) in [6.45, 7) is 8.94. The Morgan fingerprint density at radius 2 is 1.59 bits per heavy atom. The van der Waals surface area contributed by atoms with E-state index in [4.69, 9.17) is 0 Å². The van der Waals surface area contributed by atoms with Gasteiger partial charge in [-0.25, -0.2) is 14.8 Å². The van der Waals surface area contributed by atoms with Crippen molar-refractivity contribution in [2.24, 2.45) is 0 Å². The molecule has 9 heteroatoms. The molecule has 1 aromatic heterocycles. The molecule has 1 aliphatic rings. The number of carboxylic acid groups (broad SMARTS) is 1. The van der Waals surface area contributed by atoms with Gasteiger partial charge < -0.3 is 25.5 Å².